The highest BCUT2D eigenvalue weighted by Gasteiger charge is 2.44. The van der Waals surface area contributed by atoms with Crippen molar-refractivity contribution in [1.29, 1.82) is 5.26 Å². The highest BCUT2D eigenvalue weighted by atomic mass is 16.7. The van der Waals surface area contributed by atoms with Gasteiger partial charge >= 0.3 is 0 Å². The predicted molar refractivity (Wildman–Crippen MR) is 71.8 cm³/mol. The van der Waals surface area contributed by atoms with Crippen LogP contribution in [-0.2, 0) is 11.2 Å². The normalized spacial score (nSPS) is 31.5. The Morgan fingerprint density at radius 2 is 1.91 bits per heavy atom. The number of ether oxygens (including phenoxy) is 2. The van der Waals surface area contributed by atoms with Crippen molar-refractivity contribution in [3.8, 4) is 17.6 Å². The Balaban J connectivity index is 2.22. The molecule has 1 aliphatic rings. The largest absolute Gasteiger partial charge is 0.508 e. The summed E-state index contributed by atoms with van der Waals surface area (Å²) in [6, 6.07) is 6.04. The van der Waals surface area contributed by atoms with E-state index in [1.165, 1.54) is 18.2 Å². The number of phenols is 1. The van der Waals surface area contributed by atoms with Crippen LogP contribution in [0.4, 0.5) is 0 Å². The number of benzene rings is 1. The summed E-state index contributed by atoms with van der Waals surface area (Å²) in [6.07, 6.45) is -7.06. The zero-order chi connectivity index (χ0) is 16.3. The summed E-state index contributed by atoms with van der Waals surface area (Å²) >= 11 is 0. The molecule has 0 aliphatic carbocycles. The van der Waals surface area contributed by atoms with Crippen LogP contribution >= 0.6 is 0 Å². The average Bonchev–Trinajstić information content (AvgIpc) is 2.50. The number of aromatic hydroxyl groups is 1. The van der Waals surface area contributed by atoms with E-state index in [2.05, 4.69) is 0 Å². The van der Waals surface area contributed by atoms with Crippen molar-refractivity contribution in [2.75, 3.05) is 6.61 Å². The third kappa shape index (κ3) is 3.30. The average molecular weight is 311 g/mol. The molecular weight excluding hydrogens is 294 g/mol. The Labute approximate surface area is 126 Å². The predicted octanol–water partition coefficient (Wildman–Crippen LogP) is -1.36. The molecule has 8 heteroatoms. The molecule has 5 N–H and O–H groups in total. The van der Waals surface area contributed by atoms with Crippen molar-refractivity contribution < 1.29 is 35.0 Å². The zero-order valence-electron chi connectivity index (χ0n) is 11.5. The van der Waals surface area contributed by atoms with Crippen molar-refractivity contribution >= 4 is 0 Å². The smallest absolute Gasteiger partial charge is 0.229 e. The molecule has 0 spiro atoms. The van der Waals surface area contributed by atoms with E-state index in [9.17, 15) is 20.4 Å². The molecule has 0 saturated carbocycles. The van der Waals surface area contributed by atoms with Gasteiger partial charge in [-0.3, -0.25) is 0 Å². The van der Waals surface area contributed by atoms with E-state index in [-0.39, 0.29) is 17.9 Å². The SMILES string of the molecule is N#CCc1ccc(O)cc1O[C@@H]1O[C@H](CO)[C@@H](O)[C@H](O)[C@H]1O. The minimum atomic E-state index is -1.56. The topological polar surface area (TPSA) is 143 Å². The van der Waals surface area contributed by atoms with Gasteiger partial charge in [-0.1, -0.05) is 6.07 Å². The molecular formula is C14H17NO7. The molecule has 1 aromatic rings. The molecule has 0 bridgehead atoms. The molecule has 120 valence electrons. The third-order valence-electron chi connectivity index (χ3n) is 3.41. The first-order valence-corrected chi connectivity index (χ1v) is 6.64. The molecule has 5 atom stereocenters. The minimum absolute atomic E-state index is 0.00698. The van der Waals surface area contributed by atoms with Gasteiger partial charge in [-0.05, 0) is 6.07 Å². The van der Waals surface area contributed by atoms with Crippen LogP contribution in [0.1, 0.15) is 5.56 Å². The number of nitrogens with zero attached hydrogens (tertiary/aromatic N) is 1. The van der Waals surface area contributed by atoms with Crippen molar-refractivity contribution in [2.24, 2.45) is 0 Å². The summed E-state index contributed by atoms with van der Waals surface area (Å²) in [4.78, 5) is 0. The van der Waals surface area contributed by atoms with Crippen LogP contribution in [0.5, 0.6) is 11.5 Å². The van der Waals surface area contributed by atoms with Gasteiger partial charge in [0.1, 0.15) is 35.9 Å². The molecule has 1 heterocycles. The second kappa shape index (κ2) is 6.91. The lowest BCUT2D eigenvalue weighted by Crippen LogP contribution is -2.60. The van der Waals surface area contributed by atoms with Gasteiger partial charge in [0.25, 0.3) is 0 Å². The molecule has 0 radical (unpaired) electrons. The first-order valence-electron chi connectivity index (χ1n) is 6.64. The van der Waals surface area contributed by atoms with Crippen LogP contribution < -0.4 is 4.74 Å². The van der Waals surface area contributed by atoms with E-state index in [4.69, 9.17) is 19.8 Å². The van der Waals surface area contributed by atoms with Gasteiger partial charge < -0.3 is 35.0 Å². The number of hydrogen-bond donors (Lipinski definition) is 5. The number of aliphatic hydroxyl groups excluding tert-OH is 4. The van der Waals surface area contributed by atoms with Crippen molar-refractivity contribution in [1.82, 2.24) is 0 Å². The fourth-order valence-corrected chi connectivity index (χ4v) is 2.17. The Hall–Kier alpha value is -1.89. The Bertz CT molecular complexity index is 557. The second-order valence-corrected chi connectivity index (χ2v) is 4.94. The summed E-state index contributed by atoms with van der Waals surface area (Å²) in [5, 5.41) is 56.7. The monoisotopic (exact) mass is 311 g/mol. The molecule has 0 amide bonds. The summed E-state index contributed by atoms with van der Waals surface area (Å²) in [5.74, 6) is -0.00726. The summed E-state index contributed by atoms with van der Waals surface area (Å²) in [7, 11) is 0. The second-order valence-electron chi connectivity index (χ2n) is 4.94. The van der Waals surface area contributed by atoms with E-state index in [0.717, 1.165) is 0 Å². The summed E-state index contributed by atoms with van der Waals surface area (Å²) in [5.41, 5.74) is 0.456. The molecule has 1 saturated heterocycles. The van der Waals surface area contributed by atoms with Crippen molar-refractivity contribution in [3.05, 3.63) is 23.8 Å². The third-order valence-corrected chi connectivity index (χ3v) is 3.41. The number of aliphatic hydroxyl groups is 4. The highest BCUT2D eigenvalue weighted by molar-refractivity contribution is 5.41. The molecule has 0 unspecified atom stereocenters. The fraction of sp³-hybridized carbons (Fsp3) is 0.500. The maximum Gasteiger partial charge on any atom is 0.229 e. The molecule has 1 aliphatic heterocycles. The Morgan fingerprint density at radius 1 is 1.18 bits per heavy atom. The van der Waals surface area contributed by atoms with Crippen LogP contribution in [0.15, 0.2) is 18.2 Å². The first-order chi connectivity index (χ1) is 10.5. The van der Waals surface area contributed by atoms with Crippen LogP contribution in [0.2, 0.25) is 0 Å². The summed E-state index contributed by atoms with van der Waals surface area (Å²) < 4.78 is 10.6. The first kappa shape index (κ1) is 16.5. The summed E-state index contributed by atoms with van der Waals surface area (Å²) in [6.45, 7) is -0.574. The lowest BCUT2D eigenvalue weighted by atomic mass is 9.99. The Morgan fingerprint density at radius 3 is 2.55 bits per heavy atom. The van der Waals surface area contributed by atoms with E-state index in [1.54, 1.807) is 0 Å². The maximum absolute atomic E-state index is 9.90. The van der Waals surface area contributed by atoms with Gasteiger partial charge in [-0.25, -0.2) is 0 Å². The lowest BCUT2D eigenvalue weighted by molar-refractivity contribution is -0.277. The molecule has 1 aromatic carbocycles. The number of phenolic OH excluding ortho intramolecular Hbond substituents is 1. The minimum Gasteiger partial charge on any atom is -0.508 e. The van der Waals surface area contributed by atoms with E-state index in [1.807, 2.05) is 6.07 Å². The van der Waals surface area contributed by atoms with E-state index >= 15 is 0 Å². The number of nitriles is 1. The molecule has 1 fully saturated rings. The van der Waals surface area contributed by atoms with Gasteiger partial charge in [-0.15, -0.1) is 0 Å². The van der Waals surface area contributed by atoms with Gasteiger partial charge in [-0.2, -0.15) is 5.26 Å². The number of rotatable bonds is 4. The van der Waals surface area contributed by atoms with Crippen LogP contribution in [0.25, 0.3) is 0 Å². The van der Waals surface area contributed by atoms with Crippen LogP contribution in [-0.4, -0.2) is 62.8 Å². The lowest BCUT2D eigenvalue weighted by Gasteiger charge is -2.39. The van der Waals surface area contributed by atoms with Crippen molar-refractivity contribution in [2.45, 2.75) is 37.1 Å². The fourth-order valence-electron chi connectivity index (χ4n) is 2.17. The highest BCUT2D eigenvalue weighted by Crippen LogP contribution is 2.29. The van der Waals surface area contributed by atoms with Gasteiger partial charge in [0.2, 0.25) is 6.29 Å². The molecule has 22 heavy (non-hydrogen) atoms. The van der Waals surface area contributed by atoms with Crippen LogP contribution in [0, 0.1) is 11.3 Å². The van der Waals surface area contributed by atoms with E-state index in [0.29, 0.717) is 5.56 Å². The molecule has 2 rings (SSSR count). The van der Waals surface area contributed by atoms with Crippen molar-refractivity contribution in [3.63, 3.8) is 0 Å². The van der Waals surface area contributed by atoms with E-state index < -0.39 is 37.3 Å². The standard InChI is InChI=1S/C14H17NO7/c15-4-3-7-1-2-8(17)5-9(7)21-14-13(20)12(19)11(18)10(6-16)22-14/h1-2,5,10-14,16-20H,3,6H2/t10-,11-,12+,13-,14-/m1/s1. The van der Waals surface area contributed by atoms with Gasteiger partial charge in [0.05, 0.1) is 19.1 Å². The van der Waals surface area contributed by atoms with Gasteiger partial charge in [0, 0.05) is 11.6 Å². The maximum atomic E-state index is 9.90. The Kier molecular flexibility index (Phi) is 5.18. The van der Waals surface area contributed by atoms with Crippen LogP contribution in [0.3, 0.4) is 0 Å². The van der Waals surface area contributed by atoms with Gasteiger partial charge in [0.15, 0.2) is 0 Å². The zero-order valence-corrected chi connectivity index (χ0v) is 11.5. The molecule has 0 aromatic heterocycles. The number of hydrogen-bond acceptors (Lipinski definition) is 8. The quantitative estimate of drug-likeness (QED) is 0.458. The molecule has 8 nitrogen and oxygen atoms in total.